The largest absolute Gasteiger partial charge is 0.345 e. The number of rotatable bonds is 0. The molecule has 1 aromatic carbocycles. The maximum atomic E-state index is 5.89. The first-order chi connectivity index (χ1) is 6.84. The Kier molecular flexibility index (Phi) is 1.49. The van der Waals surface area contributed by atoms with Gasteiger partial charge in [0.25, 0.3) is 0 Å². The van der Waals surface area contributed by atoms with E-state index in [0.29, 0.717) is 5.15 Å². The molecule has 1 N–H and O–H groups in total. The van der Waals surface area contributed by atoms with E-state index in [0.717, 1.165) is 21.8 Å². The topological polar surface area (TPSA) is 41.6 Å². The first kappa shape index (κ1) is 7.76. The van der Waals surface area contributed by atoms with Crippen LogP contribution in [0.5, 0.6) is 0 Å². The normalized spacial score (nSPS) is 11.2. The summed E-state index contributed by atoms with van der Waals surface area (Å²) in [5.41, 5.74) is 1.92. The van der Waals surface area contributed by atoms with Crippen LogP contribution in [0.2, 0.25) is 5.15 Å². The van der Waals surface area contributed by atoms with Gasteiger partial charge in [0.05, 0.1) is 11.0 Å². The van der Waals surface area contributed by atoms with Crippen molar-refractivity contribution in [3.05, 3.63) is 35.9 Å². The van der Waals surface area contributed by atoms with Crippen LogP contribution in [0, 0.1) is 0 Å². The molecule has 0 radical (unpaired) electrons. The molecule has 0 unspecified atom stereocenters. The molecule has 0 fully saturated rings. The van der Waals surface area contributed by atoms with Gasteiger partial charge in [-0.3, -0.25) is 0 Å². The molecule has 3 nitrogen and oxygen atoms in total. The quantitative estimate of drug-likeness (QED) is 0.611. The first-order valence-electron chi connectivity index (χ1n) is 4.21. The molecule has 0 aliphatic rings. The number of nitrogens with zero attached hydrogens (tertiary/aromatic N) is 2. The number of H-pyrrole nitrogens is 1. The standard InChI is InChI=1S/C10H6ClN3/c11-9-3-6-1-2-8-7(10(6)14-9)4-12-5-13-8/h1-5,14H. The summed E-state index contributed by atoms with van der Waals surface area (Å²) in [5.74, 6) is 0. The third-order valence-corrected chi connectivity index (χ3v) is 2.45. The fourth-order valence-corrected chi connectivity index (χ4v) is 1.84. The van der Waals surface area contributed by atoms with Gasteiger partial charge in [0.1, 0.15) is 11.5 Å². The number of fused-ring (bicyclic) bond motifs is 3. The van der Waals surface area contributed by atoms with E-state index < -0.39 is 0 Å². The third-order valence-electron chi connectivity index (χ3n) is 2.25. The van der Waals surface area contributed by atoms with Crippen molar-refractivity contribution in [1.82, 2.24) is 15.0 Å². The van der Waals surface area contributed by atoms with Gasteiger partial charge < -0.3 is 4.98 Å². The summed E-state index contributed by atoms with van der Waals surface area (Å²) in [4.78, 5) is 11.3. The molecule has 2 heterocycles. The maximum absolute atomic E-state index is 5.89. The molecule has 3 rings (SSSR count). The van der Waals surface area contributed by atoms with Crippen LogP contribution in [0.1, 0.15) is 0 Å². The molecule has 0 amide bonds. The van der Waals surface area contributed by atoms with Gasteiger partial charge in [-0.15, -0.1) is 0 Å². The summed E-state index contributed by atoms with van der Waals surface area (Å²) < 4.78 is 0. The average Bonchev–Trinajstić information content (AvgIpc) is 2.59. The van der Waals surface area contributed by atoms with Crippen molar-refractivity contribution in [2.45, 2.75) is 0 Å². The molecular formula is C10H6ClN3. The lowest BCUT2D eigenvalue weighted by Gasteiger charge is -1.96. The highest BCUT2D eigenvalue weighted by Crippen LogP contribution is 2.25. The first-order valence-corrected chi connectivity index (χ1v) is 4.59. The van der Waals surface area contributed by atoms with E-state index in [9.17, 15) is 0 Å². The van der Waals surface area contributed by atoms with E-state index in [4.69, 9.17) is 11.6 Å². The molecule has 68 valence electrons. The van der Waals surface area contributed by atoms with Gasteiger partial charge in [0.2, 0.25) is 0 Å². The Morgan fingerprint density at radius 1 is 1.29 bits per heavy atom. The molecule has 0 saturated carbocycles. The molecule has 2 aromatic heterocycles. The Hall–Kier alpha value is -1.61. The number of nitrogens with one attached hydrogen (secondary N) is 1. The second-order valence-electron chi connectivity index (χ2n) is 3.10. The molecule has 0 saturated heterocycles. The fourth-order valence-electron chi connectivity index (χ4n) is 1.62. The zero-order valence-corrected chi connectivity index (χ0v) is 7.92. The van der Waals surface area contributed by atoms with Gasteiger partial charge in [0, 0.05) is 17.0 Å². The molecule has 0 spiro atoms. The van der Waals surface area contributed by atoms with Crippen LogP contribution in [-0.4, -0.2) is 15.0 Å². The van der Waals surface area contributed by atoms with Crippen molar-refractivity contribution in [3.63, 3.8) is 0 Å². The van der Waals surface area contributed by atoms with Crippen LogP contribution in [0.25, 0.3) is 21.8 Å². The van der Waals surface area contributed by atoms with E-state index in [2.05, 4.69) is 15.0 Å². The lowest BCUT2D eigenvalue weighted by atomic mass is 10.2. The second-order valence-corrected chi connectivity index (χ2v) is 3.51. The molecule has 0 aliphatic heterocycles. The smallest absolute Gasteiger partial charge is 0.116 e. The number of hydrogen-bond donors (Lipinski definition) is 1. The van der Waals surface area contributed by atoms with Gasteiger partial charge in [0.15, 0.2) is 0 Å². The Labute approximate surface area is 84.7 Å². The van der Waals surface area contributed by atoms with E-state index in [1.807, 2.05) is 18.2 Å². The minimum absolute atomic E-state index is 0.636. The summed E-state index contributed by atoms with van der Waals surface area (Å²) in [5, 5.41) is 2.71. The minimum atomic E-state index is 0.636. The summed E-state index contributed by atoms with van der Waals surface area (Å²) >= 11 is 5.89. The van der Waals surface area contributed by atoms with Gasteiger partial charge >= 0.3 is 0 Å². The summed E-state index contributed by atoms with van der Waals surface area (Å²) in [6.45, 7) is 0. The van der Waals surface area contributed by atoms with Crippen molar-refractivity contribution in [2.24, 2.45) is 0 Å². The van der Waals surface area contributed by atoms with Crippen LogP contribution in [0.3, 0.4) is 0 Å². The zero-order chi connectivity index (χ0) is 9.54. The second kappa shape index (κ2) is 2.69. The number of hydrogen-bond acceptors (Lipinski definition) is 2. The third kappa shape index (κ3) is 0.992. The lowest BCUT2D eigenvalue weighted by Crippen LogP contribution is -1.81. The lowest BCUT2D eigenvalue weighted by molar-refractivity contribution is 1.22. The molecule has 0 bridgehead atoms. The van der Waals surface area contributed by atoms with Crippen molar-refractivity contribution in [2.75, 3.05) is 0 Å². The molecule has 14 heavy (non-hydrogen) atoms. The van der Waals surface area contributed by atoms with Crippen LogP contribution >= 0.6 is 11.6 Å². The van der Waals surface area contributed by atoms with Crippen molar-refractivity contribution in [1.29, 1.82) is 0 Å². The highest BCUT2D eigenvalue weighted by molar-refractivity contribution is 6.31. The van der Waals surface area contributed by atoms with Gasteiger partial charge in [-0.25, -0.2) is 9.97 Å². The monoisotopic (exact) mass is 203 g/mol. The molecular weight excluding hydrogens is 198 g/mol. The van der Waals surface area contributed by atoms with E-state index in [1.165, 1.54) is 0 Å². The summed E-state index contributed by atoms with van der Waals surface area (Å²) in [6.07, 6.45) is 3.33. The molecule has 3 aromatic rings. The summed E-state index contributed by atoms with van der Waals surface area (Å²) in [6, 6.07) is 5.85. The average molecular weight is 204 g/mol. The molecule has 0 atom stereocenters. The van der Waals surface area contributed by atoms with Gasteiger partial charge in [-0.1, -0.05) is 17.7 Å². The highest BCUT2D eigenvalue weighted by Gasteiger charge is 2.03. The Morgan fingerprint density at radius 2 is 2.21 bits per heavy atom. The van der Waals surface area contributed by atoms with E-state index in [1.54, 1.807) is 12.5 Å². The Bertz CT molecular complexity index is 615. The van der Waals surface area contributed by atoms with Gasteiger partial charge in [-0.2, -0.15) is 0 Å². The van der Waals surface area contributed by atoms with Crippen LogP contribution in [-0.2, 0) is 0 Å². The SMILES string of the molecule is Clc1cc2ccc3ncncc3c2[nH]1. The van der Waals surface area contributed by atoms with Crippen LogP contribution < -0.4 is 0 Å². The van der Waals surface area contributed by atoms with Crippen molar-refractivity contribution >= 4 is 33.4 Å². The summed E-state index contributed by atoms with van der Waals surface area (Å²) in [7, 11) is 0. The number of aromatic nitrogens is 3. The van der Waals surface area contributed by atoms with E-state index >= 15 is 0 Å². The molecule has 4 heteroatoms. The Balaban J connectivity index is 2.60. The van der Waals surface area contributed by atoms with E-state index in [-0.39, 0.29) is 0 Å². The molecule has 0 aliphatic carbocycles. The predicted octanol–water partition coefficient (Wildman–Crippen LogP) is 2.76. The minimum Gasteiger partial charge on any atom is -0.345 e. The highest BCUT2D eigenvalue weighted by atomic mass is 35.5. The predicted molar refractivity (Wildman–Crippen MR) is 56.4 cm³/mol. The maximum Gasteiger partial charge on any atom is 0.116 e. The number of halogens is 1. The fraction of sp³-hybridized carbons (Fsp3) is 0. The van der Waals surface area contributed by atoms with Crippen molar-refractivity contribution in [3.8, 4) is 0 Å². The van der Waals surface area contributed by atoms with Crippen LogP contribution in [0.15, 0.2) is 30.7 Å². The Morgan fingerprint density at radius 3 is 3.14 bits per heavy atom. The number of aromatic amines is 1. The van der Waals surface area contributed by atoms with Crippen LogP contribution in [0.4, 0.5) is 0 Å². The van der Waals surface area contributed by atoms with Gasteiger partial charge in [-0.05, 0) is 12.1 Å². The number of benzene rings is 1. The van der Waals surface area contributed by atoms with Crippen molar-refractivity contribution < 1.29 is 0 Å². The zero-order valence-electron chi connectivity index (χ0n) is 7.16.